The summed E-state index contributed by atoms with van der Waals surface area (Å²) < 4.78 is 4.25. The van der Waals surface area contributed by atoms with Crippen LogP contribution in [0.3, 0.4) is 0 Å². The first kappa shape index (κ1) is 25.6. The lowest BCUT2D eigenvalue weighted by Gasteiger charge is -2.36. The van der Waals surface area contributed by atoms with Gasteiger partial charge in [0, 0.05) is 49.7 Å². The third kappa shape index (κ3) is 4.56. The van der Waals surface area contributed by atoms with E-state index >= 15 is 0 Å². The van der Waals surface area contributed by atoms with Crippen LogP contribution < -0.4 is 9.80 Å². The average molecular weight is 581 g/mol. The largest absolute Gasteiger partial charge is 0.338 e. The van der Waals surface area contributed by atoms with E-state index in [-0.39, 0.29) is 0 Å². The van der Waals surface area contributed by atoms with Gasteiger partial charge >= 0.3 is 0 Å². The van der Waals surface area contributed by atoms with Crippen LogP contribution in [-0.4, -0.2) is 12.1 Å². The van der Waals surface area contributed by atoms with Gasteiger partial charge in [0.05, 0.1) is 21.5 Å². The van der Waals surface area contributed by atoms with Gasteiger partial charge in [0.1, 0.15) is 0 Å². The second kappa shape index (κ2) is 10.9. The Morgan fingerprint density at radius 1 is 0.667 bits per heavy atom. The van der Waals surface area contributed by atoms with Gasteiger partial charge in [0.25, 0.3) is 0 Å². The number of anilines is 3. The highest BCUT2D eigenvalue weighted by Crippen LogP contribution is 2.47. The van der Waals surface area contributed by atoms with Gasteiger partial charge in [-0.3, -0.25) is 0 Å². The zero-order valence-corrected chi connectivity index (χ0v) is 25.0. The summed E-state index contributed by atoms with van der Waals surface area (Å²) in [4.78, 5) is 6.56. The number of thiophene rings is 2. The molecule has 0 spiro atoms. The molecule has 2 unspecified atom stereocenters. The van der Waals surface area contributed by atoms with Gasteiger partial charge in [0.2, 0.25) is 0 Å². The van der Waals surface area contributed by atoms with E-state index in [1.165, 1.54) is 52.7 Å². The molecule has 0 N–H and O–H groups in total. The summed E-state index contributed by atoms with van der Waals surface area (Å²) in [6.07, 6.45) is 24.8. The number of hydrogen-bond donors (Lipinski definition) is 0. The number of nitrogens with zero attached hydrogens (tertiary/aromatic N) is 2. The van der Waals surface area contributed by atoms with Gasteiger partial charge in [0.15, 0.2) is 0 Å². The number of benzene rings is 3. The zero-order valence-electron chi connectivity index (χ0n) is 23.4. The molecular formula is C38H32N2S2. The van der Waals surface area contributed by atoms with E-state index in [1.54, 1.807) is 0 Å². The zero-order chi connectivity index (χ0) is 27.9. The molecule has 8 rings (SSSR count). The maximum atomic E-state index is 2.56. The number of rotatable bonds is 6. The molecule has 0 saturated carbocycles. The average Bonchev–Trinajstić information content (AvgIpc) is 3.59. The molecule has 206 valence electrons. The highest BCUT2D eigenvalue weighted by Gasteiger charge is 2.28. The van der Waals surface area contributed by atoms with E-state index in [9.17, 15) is 0 Å². The molecule has 0 fully saturated rings. The van der Waals surface area contributed by atoms with Crippen LogP contribution in [0, 0.1) is 0 Å². The molecule has 2 nitrogen and oxygen atoms in total. The molecule has 0 bridgehead atoms. The summed E-state index contributed by atoms with van der Waals surface area (Å²) in [6, 6.07) is 29.5. The predicted octanol–water partition coefficient (Wildman–Crippen LogP) is 10.8. The molecule has 42 heavy (non-hydrogen) atoms. The lowest BCUT2D eigenvalue weighted by Crippen LogP contribution is -2.36. The minimum absolute atomic E-state index is 0.311. The summed E-state index contributed by atoms with van der Waals surface area (Å²) in [5.74, 6) is 0. The SMILES string of the molecule is C1=CCCC(N(c2ccccc2)C2C=Cc3c(sc4c3sc3cc(N(c5ccccc5)C5C=CC=CC5)ccc34)C2)=C1. The van der Waals surface area contributed by atoms with Crippen LogP contribution in [0.2, 0.25) is 0 Å². The maximum absolute atomic E-state index is 2.56. The first-order valence-electron chi connectivity index (χ1n) is 14.9. The smallest absolute Gasteiger partial charge is 0.0570 e. The Morgan fingerprint density at radius 3 is 2.21 bits per heavy atom. The van der Waals surface area contributed by atoms with Gasteiger partial charge in [-0.05, 0) is 61.7 Å². The van der Waals surface area contributed by atoms with Crippen molar-refractivity contribution in [1.29, 1.82) is 0 Å². The molecule has 0 saturated heterocycles. The molecule has 2 atom stereocenters. The lowest BCUT2D eigenvalue weighted by molar-refractivity contribution is 0.715. The first-order valence-corrected chi connectivity index (χ1v) is 16.5. The molecule has 0 amide bonds. The Hall–Kier alpha value is -4.12. The van der Waals surface area contributed by atoms with Crippen LogP contribution in [0.1, 0.15) is 29.7 Å². The molecule has 3 aromatic carbocycles. The van der Waals surface area contributed by atoms with E-state index in [0.717, 1.165) is 25.7 Å². The second-order valence-corrected chi connectivity index (χ2v) is 13.3. The lowest BCUT2D eigenvalue weighted by atomic mass is 9.97. The van der Waals surface area contributed by atoms with Crippen LogP contribution in [0.5, 0.6) is 0 Å². The number of hydrogen-bond acceptors (Lipinski definition) is 4. The molecule has 4 heteroatoms. The highest BCUT2D eigenvalue weighted by molar-refractivity contribution is 7.33. The number of allylic oxidation sites excluding steroid dienone is 6. The first-order chi connectivity index (χ1) is 20.8. The molecular weight excluding hydrogens is 549 g/mol. The Morgan fingerprint density at radius 2 is 1.48 bits per heavy atom. The van der Waals surface area contributed by atoms with Crippen molar-refractivity contribution in [1.82, 2.24) is 0 Å². The van der Waals surface area contributed by atoms with Crippen molar-refractivity contribution < 1.29 is 0 Å². The van der Waals surface area contributed by atoms with Gasteiger partial charge in [-0.25, -0.2) is 0 Å². The Kier molecular flexibility index (Phi) is 6.66. The van der Waals surface area contributed by atoms with Gasteiger partial charge < -0.3 is 9.80 Å². The topological polar surface area (TPSA) is 6.48 Å². The van der Waals surface area contributed by atoms with Crippen LogP contribution >= 0.6 is 22.7 Å². The predicted molar refractivity (Wildman–Crippen MR) is 184 cm³/mol. The molecule has 5 aromatic rings. The van der Waals surface area contributed by atoms with Gasteiger partial charge in [-0.15, -0.1) is 22.7 Å². The van der Waals surface area contributed by atoms with Crippen molar-refractivity contribution in [3.8, 4) is 0 Å². The monoisotopic (exact) mass is 580 g/mol. The fourth-order valence-electron chi connectivity index (χ4n) is 6.59. The third-order valence-electron chi connectivity index (χ3n) is 8.55. The third-order valence-corrected chi connectivity index (χ3v) is 11.1. The van der Waals surface area contributed by atoms with Gasteiger partial charge in [-0.2, -0.15) is 0 Å². The molecule has 0 aliphatic heterocycles. The summed E-state index contributed by atoms with van der Waals surface area (Å²) in [5.41, 5.74) is 6.60. The maximum Gasteiger partial charge on any atom is 0.0570 e. The summed E-state index contributed by atoms with van der Waals surface area (Å²) in [6.45, 7) is 0. The Labute approximate surface area is 255 Å². The molecule has 0 radical (unpaired) electrons. The van der Waals surface area contributed by atoms with Crippen LogP contribution in [0.25, 0.3) is 25.6 Å². The van der Waals surface area contributed by atoms with E-state index < -0.39 is 0 Å². The van der Waals surface area contributed by atoms with Crippen molar-refractivity contribution in [3.63, 3.8) is 0 Å². The van der Waals surface area contributed by atoms with E-state index in [1.807, 2.05) is 22.7 Å². The Bertz CT molecular complexity index is 1900. The van der Waals surface area contributed by atoms with Crippen molar-refractivity contribution in [2.45, 2.75) is 37.8 Å². The van der Waals surface area contributed by atoms with Crippen molar-refractivity contribution in [2.75, 3.05) is 9.80 Å². The summed E-state index contributed by atoms with van der Waals surface area (Å²) in [7, 11) is 0. The second-order valence-electron chi connectivity index (χ2n) is 11.2. The fraction of sp³-hybridized carbons (Fsp3) is 0.158. The van der Waals surface area contributed by atoms with Crippen LogP contribution in [0.4, 0.5) is 17.1 Å². The fourth-order valence-corrected chi connectivity index (χ4v) is 9.42. The number of para-hydroxylation sites is 2. The van der Waals surface area contributed by atoms with Gasteiger partial charge in [-0.1, -0.05) is 91.1 Å². The standard InChI is InChI=1S/C38H32N2S2/c1-5-13-27(14-6-1)39(28-15-7-2-8-16-28)31-21-23-33-35(25-31)41-38-34-24-22-32(26-36(34)42-37(33)38)40(29-17-9-3-10-18-29)30-19-11-4-12-20-30/h1-11,13-15,17-19,21-25,28,32H,12,16,20,26H2. The van der Waals surface area contributed by atoms with Crippen LogP contribution in [-0.2, 0) is 6.42 Å². The van der Waals surface area contributed by atoms with Crippen molar-refractivity contribution >= 4 is 65.3 Å². The van der Waals surface area contributed by atoms with Crippen LogP contribution in [0.15, 0.2) is 133 Å². The quantitative estimate of drug-likeness (QED) is 0.197. The van der Waals surface area contributed by atoms with E-state index in [2.05, 4.69) is 143 Å². The van der Waals surface area contributed by atoms with Crippen molar-refractivity contribution in [2.24, 2.45) is 0 Å². The summed E-state index contributed by atoms with van der Waals surface area (Å²) in [5, 5.41) is 1.38. The summed E-state index contributed by atoms with van der Waals surface area (Å²) >= 11 is 3.96. The minimum atomic E-state index is 0.311. The molecule has 2 aromatic heterocycles. The molecule has 3 aliphatic rings. The molecule has 3 aliphatic carbocycles. The van der Waals surface area contributed by atoms with E-state index in [4.69, 9.17) is 0 Å². The highest BCUT2D eigenvalue weighted by atomic mass is 32.1. The van der Waals surface area contributed by atoms with E-state index in [0.29, 0.717) is 12.1 Å². The normalized spacial score (nSPS) is 19.3. The molecule has 2 heterocycles. The van der Waals surface area contributed by atoms with Crippen molar-refractivity contribution in [3.05, 3.63) is 144 Å². The minimum Gasteiger partial charge on any atom is -0.338 e. The number of fused-ring (bicyclic) bond motifs is 5. The Balaban J connectivity index is 1.16.